The lowest BCUT2D eigenvalue weighted by atomic mass is 10.0. The van der Waals surface area contributed by atoms with E-state index in [9.17, 15) is 14.8 Å². The van der Waals surface area contributed by atoms with Gasteiger partial charge < -0.3 is 10.6 Å². The minimum absolute atomic E-state index is 0.268. The van der Waals surface area contributed by atoms with Crippen molar-refractivity contribution in [2.24, 2.45) is 5.73 Å². The summed E-state index contributed by atoms with van der Waals surface area (Å²) in [4.78, 5) is 25.2. The highest BCUT2D eigenvalue weighted by Gasteiger charge is 2.22. The summed E-state index contributed by atoms with van der Waals surface area (Å²) in [6, 6.07) is 15.7. The number of hydrogen-bond donors (Lipinski definition) is 2. The first-order valence-electron chi connectivity index (χ1n) is 7.53. The van der Waals surface area contributed by atoms with Crippen molar-refractivity contribution in [2.45, 2.75) is 6.04 Å². The molecule has 0 saturated heterocycles. The first kappa shape index (κ1) is 17.7. The monoisotopic (exact) mass is 327 g/mol. The van der Waals surface area contributed by atoms with E-state index in [2.05, 4.69) is 0 Å². The highest BCUT2D eigenvalue weighted by Crippen LogP contribution is 2.19. The van der Waals surface area contributed by atoms with Gasteiger partial charge in [0.05, 0.1) is 6.54 Å². The van der Waals surface area contributed by atoms with Gasteiger partial charge in [0, 0.05) is 19.7 Å². The van der Waals surface area contributed by atoms with Gasteiger partial charge in [-0.25, -0.2) is 5.06 Å². The summed E-state index contributed by atoms with van der Waals surface area (Å²) < 4.78 is 0. The van der Waals surface area contributed by atoms with Gasteiger partial charge in [0.2, 0.25) is 5.91 Å². The summed E-state index contributed by atoms with van der Waals surface area (Å²) in [5.41, 5.74) is 8.02. The fourth-order valence-corrected chi connectivity index (χ4v) is 2.26. The van der Waals surface area contributed by atoms with Crippen molar-refractivity contribution in [3.63, 3.8) is 0 Å². The van der Waals surface area contributed by atoms with Crippen LogP contribution in [-0.2, 0) is 4.79 Å². The molecule has 0 aliphatic carbocycles. The molecule has 0 spiro atoms. The van der Waals surface area contributed by atoms with Crippen molar-refractivity contribution >= 4 is 11.8 Å². The number of carbonyl (C=O) groups excluding carboxylic acids is 2. The van der Waals surface area contributed by atoms with Crippen molar-refractivity contribution < 1.29 is 14.8 Å². The van der Waals surface area contributed by atoms with Gasteiger partial charge in [0.25, 0.3) is 5.91 Å². The average Bonchev–Trinajstić information content (AvgIpc) is 2.61. The van der Waals surface area contributed by atoms with E-state index >= 15 is 0 Å². The first-order valence-corrected chi connectivity index (χ1v) is 7.53. The Morgan fingerprint density at radius 2 is 1.54 bits per heavy atom. The molecule has 0 radical (unpaired) electrons. The normalized spacial score (nSPS) is 11.7. The van der Waals surface area contributed by atoms with Crippen LogP contribution in [0.5, 0.6) is 0 Å². The Morgan fingerprint density at radius 1 is 1.00 bits per heavy atom. The zero-order valence-electron chi connectivity index (χ0n) is 13.7. The average molecular weight is 327 g/mol. The van der Waals surface area contributed by atoms with E-state index in [1.807, 2.05) is 30.3 Å². The van der Waals surface area contributed by atoms with Gasteiger partial charge in [-0.3, -0.25) is 14.8 Å². The van der Waals surface area contributed by atoms with Crippen LogP contribution in [0.4, 0.5) is 0 Å². The molecular weight excluding hydrogens is 306 g/mol. The number of hydrogen-bond acceptors (Lipinski definition) is 4. The third kappa shape index (κ3) is 4.18. The van der Waals surface area contributed by atoms with Crippen molar-refractivity contribution in [3.8, 4) is 11.1 Å². The molecule has 0 aromatic heterocycles. The fourth-order valence-electron chi connectivity index (χ4n) is 2.26. The molecular formula is C18H21N3O3. The predicted octanol–water partition coefficient (Wildman–Crippen LogP) is 1.60. The highest BCUT2D eigenvalue weighted by atomic mass is 16.5. The third-order valence-corrected chi connectivity index (χ3v) is 3.60. The molecule has 2 amide bonds. The first-order chi connectivity index (χ1) is 11.4. The third-order valence-electron chi connectivity index (χ3n) is 3.60. The van der Waals surface area contributed by atoms with E-state index in [-0.39, 0.29) is 12.5 Å². The summed E-state index contributed by atoms with van der Waals surface area (Å²) in [6.07, 6.45) is 0. The van der Waals surface area contributed by atoms with Crippen LogP contribution in [-0.4, -0.2) is 53.7 Å². The number of rotatable bonds is 5. The Hall–Kier alpha value is -2.70. The van der Waals surface area contributed by atoms with E-state index in [0.717, 1.165) is 11.1 Å². The number of nitrogens with two attached hydrogens (primary N) is 1. The van der Waals surface area contributed by atoms with E-state index in [4.69, 9.17) is 5.73 Å². The maximum absolute atomic E-state index is 12.2. The van der Waals surface area contributed by atoms with Crippen LogP contribution in [0.3, 0.4) is 0 Å². The number of likely N-dealkylation sites (N-methyl/N-ethyl adjacent to an activating group) is 1. The SMILES string of the molecule is CN(C)C(=O)C(N)CN(O)C(=O)c1ccc(-c2ccccc2)cc1. The van der Waals surface area contributed by atoms with Gasteiger partial charge in [0.1, 0.15) is 6.04 Å². The Balaban J connectivity index is 2.05. The van der Waals surface area contributed by atoms with Crippen molar-refractivity contribution in [3.05, 3.63) is 60.2 Å². The van der Waals surface area contributed by atoms with Crippen LogP contribution in [0.2, 0.25) is 0 Å². The van der Waals surface area contributed by atoms with Crippen LogP contribution >= 0.6 is 0 Å². The van der Waals surface area contributed by atoms with Gasteiger partial charge in [-0.15, -0.1) is 0 Å². The lowest BCUT2D eigenvalue weighted by molar-refractivity contribution is -0.133. The number of hydroxylamine groups is 2. The summed E-state index contributed by atoms with van der Waals surface area (Å²) >= 11 is 0. The second-order valence-corrected chi connectivity index (χ2v) is 5.67. The largest absolute Gasteiger partial charge is 0.347 e. The molecule has 6 heteroatoms. The minimum Gasteiger partial charge on any atom is -0.347 e. The molecule has 6 nitrogen and oxygen atoms in total. The second-order valence-electron chi connectivity index (χ2n) is 5.67. The molecule has 0 heterocycles. The molecule has 2 aromatic carbocycles. The van der Waals surface area contributed by atoms with Crippen LogP contribution in [0, 0.1) is 0 Å². The maximum Gasteiger partial charge on any atom is 0.277 e. The molecule has 0 saturated carbocycles. The van der Waals surface area contributed by atoms with Crippen LogP contribution in [0.15, 0.2) is 54.6 Å². The number of carbonyl (C=O) groups is 2. The lowest BCUT2D eigenvalue weighted by Crippen LogP contribution is -2.48. The smallest absolute Gasteiger partial charge is 0.277 e. The van der Waals surface area contributed by atoms with Crippen molar-refractivity contribution in [2.75, 3.05) is 20.6 Å². The van der Waals surface area contributed by atoms with Gasteiger partial charge in [-0.1, -0.05) is 42.5 Å². The molecule has 2 aromatic rings. The van der Waals surface area contributed by atoms with E-state index in [0.29, 0.717) is 10.6 Å². The lowest BCUT2D eigenvalue weighted by Gasteiger charge is -2.21. The summed E-state index contributed by atoms with van der Waals surface area (Å²) in [6.45, 7) is -0.268. The molecule has 24 heavy (non-hydrogen) atoms. The summed E-state index contributed by atoms with van der Waals surface area (Å²) in [5.74, 6) is -0.960. The quantitative estimate of drug-likeness (QED) is 0.645. The van der Waals surface area contributed by atoms with Crippen molar-refractivity contribution in [1.82, 2.24) is 9.96 Å². The van der Waals surface area contributed by atoms with Gasteiger partial charge in [0.15, 0.2) is 0 Å². The highest BCUT2D eigenvalue weighted by molar-refractivity contribution is 5.94. The Labute approximate surface area is 141 Å². The van der Waals surface area contributed by atoms with Crippen LogP contribution < -0.4 is 5.73 Å². The number of amides is 2. The molecule has 1 atom stereocenters. The second kappa shape index (κ2) is 7.72. The van der Waals surface area contributed by atoms with Crippen LogP contribution in [0.1, 0.15) is 10.4 Å². The Kier molecular flexibility index (Phi) is 5.68. The summed E-state index contributed by atoms with van der Waals surface area (Å²) in [7, 11) is 3.13. The minimum atomic E-state index is -0.974. The molecule has 0 fully saturated rings. The van der Waals surface area contributed by atoms with Crippen LogP contribution in [0.25, 0.3) is 11.1 Å². The van der Waals surface area contributed by atoms with Gasteiger partial charge in [-0.05, 0) is 23.3 Å². The zero-order valence-corrected chi connectivity index (χ0v) is 13.7. The fraction of sp³-hybridized carbons (Fsp3) is 0.222. The topological polar surface area (TPSA) is 86.9 Å². The number of nitrogens with zero attached hydrogens (tertiary/aromatic N) is 2. The van der Waals surface area contributed by atoms with E-state index < -0.39 is 11.9 Å². The van der Waals surface area contributed by atoms with Gasteiger partial charge in [-0.2, -0.15) is 0 Å². The Morgan fingerprint density at radius 3 is 2.08 bits per heavy atom. The van der Waals surface area contributed by atoms with Crippen molar-refractivity contribution in [1.29, 1.82) is 0 Å². The molecule has 0 aliphatic rings. The van der Waals surface area contributed by atoms with E-state index in [1.54, 1.807) is 38.4 Å². The molecule has 126 valence electrons. The molecule has 2 rings (SSSR count). The molecule has 0 aliphatic heterocycles. The number of benzene rings is 2. The maximum atomic E-state index is 12.2. The molecule has 1 unspecified atom stereocenters. The zero-order chi connectivity index (χ0) is 17.7. The van der Waals surface area contributed by atoms with Gasteiger partial charge >= 0.3 is 0 Å². The standard InChI is InChI=1S/C18H21N3O3/c1-20(2)18(23)16(19)12-21(24)17(22)15-10-8-14(9-11-15)13-6-4-3-5-7-13/h3-11,16,24H,12,19H2,1-2H3. The summed E-state index contributed by atoms with van der Waals surface area (Å²) in [5, 5.41) is 10.4. The predicted molar refractivity (Wildman–Crippen MR) is 91.4 cm³/mol. The molecule has 0 bridgehead atoms. The molecule has 3 N–H and O–H groups in total. The Bertz CT molecular complexity index is 699. The van der Waals surface area contributed by atoms with E-state index in [1.165, 1.54) is 4.90 Å².